The monoisotopic (exact) mass is 594 g/mol. The Morgan fingerprint density at radius 2 is 1.73 bits per heavy atom. The van der Waals surface area contributed by atoms with Crippen LogP contribution in [-0.4, -0.2) is 71.6 Å². The van der Waals surface area contributed by atoms with Gasteiger partial charge in [0.05, 0.1) is 36.9 Å². The molecule has 3 atom stereocenters. The zero-order valence-corrected chi connectivity index (χ0v) is 25.2. The van der Waals surface area contributed by atoms with Crippen LogP contribution in [0.3, 0.4) is 0 Å². The number of nitrogens with zero attached hydrogens (tertiary/aromatic N) is 2. The Morgan fingerprint density at radius 3 is 2.50 bits per heavy atom. The first-order valence-corrected chi connectivity index (χ1v) is 14.8. The van der Waals surface area contributed by atoms with Crippen molar-refractivity contribution in [3.8, 4) is 5.75 Å². The zero-order valence-electron chi connectivity index (χ0n) is 25.2. The second-order valence-electron chi connectivity index (χ2n) is 11.4. The van der Waals surface area contributed by atoms with Crippen molar-refractivity contribution in [3.05, 3.63) is 102 Å². The van der Waals surface area contributed by atoms with E-state index in [9.17, 15) is 19.5 Å². The summed E-state index contributed by atoms with van der Waals surface area (Å²) in [6.45, 7) is 4.11. The Balaban J connectivity index is 1.36. The number of fused-ring (bicyclic) bond motifs is 2. The van der Waals surface area contributed by atoms with E-state index in [1.807, 2.05) is 79.7 Å². The van der Waals surface area contributed by atoms with Crippen LogP contribution in [0.5, 0.6) is 5.75 Å². The van der Waals surface area contributed by atoms with E-state index in [4.69, 9.17) is 4.74 Å². The van der Waals surface area contributed by atoms with E-state index in [1.165, 1.54) is 0 Å². The fourth-order valence-corrected chi connectivity index (χ4v) is 5.40. The van der Waals surface area contributed by atoms with Gasteiger partial charge < -0.3 is 30.3 Å². The summed E-state index contributed by atoms with van der Waals surface area (Å²) in [5, 5.41) is 17.8. The van der Waals surface area contributed by atoms with Gasteiger partial charge in [-0.15, -0.1) is 0 Å². The van der Waals surface area contributed by atoms with E-state index in [1.54, 1.807) is 42.0 Å². The molecule has 0 spiro atoms. The minimum atomic E-state index is -0.461. The third-order valence-corrected chi connectivity index (χ3v) is 7.99. The van der Waals surface area contributed by atoms with Crippen molar-refractivity contribution in [2.24, 2.45) is 5.92 Å². The molecule has 0 saturated carbocycles. The van der Waals surface area contributed by atoms with Gasteiger partial charge in [0.2, 0.25) is 5.91 Å². The van der Waals surface area contributed by atoms with Gasteiger partial charge in [-0.1, -0.05) is 73.7 Å². The molecule has 1 aliphatic heterocycles. The molecule has 5 rings (SSSR count). The summed E-state index contributed by atoms with van der Waals surface area (Å²) in [6, 6.07) is 27.3. The Bertz CT molecular complexity index is 1640. The van der Waals surface area contributed by atoms with Gasteiger partial charge in [-0.2, -0.15) is 0 Å². The van der Waals surface area contributed by atoms with Crippen LogP contribution < -0.4 is 15.4 Å². The van der Waals surface area contributed by atoms with E-state index in [-0.39, 0.29) is 48.9 Å². The van der Waals surface area contributed by atoms with Crippen LogP contribution in [0, 0.1) is 5.92 Å². The van der Waals surface area contributed by atoms with Crippen LogP contribution in [0.15, 0.2) is 91.0 Å². The van der Waals surface area contributed by atoms with E-state index >= 15 is 0 Å². The maximum Gasteiger partial charge on any atom is 0.321 e. The first kappa shape index (κ1) is 30.6. The lowest BCUT2D eigenvalue weighted by molar-refractivity contribution is -0.115. The lowest BCUT2D eigenvalue weighted by Gasteiger charge is -2.38. The second kappa shape index (κ2) is 13.6. The number of nitrogens with one attached hydrogen (secondary N) is 2. The molecule has 0 aromatic heterocycles. The first-order valence-electron chi connectivity index (χ1n) is 14.8. The van der Waals surface area contributed by atoms with Gasteiger partial charge in [-0.3, -0.25) is 9.59 Å². The van der Waals surface area contributed by atoms with Crippen LogP contribution >= 0.6 is 0 Å². The number of aliphatic hydroxyl groups excluding tert-OH is 1. The molecule has 0 saturated heterocycles. The molecule has 1 heterocycles. The first-order chi connectivity index (χ1) is 21.2. The molecular weight excluding hydrogens is 556 g/mol. The molecule has 4 aromatic carbocycles. The average molecular weight is 595 g/mol. The van der Waals surface area contributed by atoms with Crippen molar-refractivity contribution in [1.29, 1.82) is 0 Å². The maximum absolute atomic E-state index is 13.8. The van der Waals surface area contributed by atoms with Crippen molar-refractivity contribution in [2.45, 2.75) is 32.4 Å². The Labute approximate surface area is 257 Å². The summed E-state index contributed by atoms with van der Waals surface area (Å²) in [5.41, 5.74) is 2.34. The highest BCUT2D eigenvalue weighted by molar-refractivity contribution is 6.02. The Hall–Kier alpha value is -4.89. The van der Waals surface area contributed by atoms with Crippen LogP contribution in [-0.2, 0) is 11.2 Å². The van der Waals surface area contributed by atoms with Crippen LogP contribution in [0.1, 0.15) is 29.8 Å². The van der Waals surface area contributed by atoms with E-state index in [2.05, 4.69) is 10.6 Å². The van der Waals surface area contributed by atoms with Crippen molar-refractivity contribution in [1.82, 2.24) is 9.80 Å². The second-order valence-corrected chi connectivity index (χ2v) is 11.4. The summed E-state index contributed by atoms with van der Waals surface area (Å²) < 4.78 is 6.43. The lowest BCUT2D eigenvalue weighted by Crippen LogP contribution is -2.50. The van der Waals surface area contributed by atoms with Crippen molar-refractivity contribution < 1.29 is 24.2 Å². The van der Waals surface area contributed by atoms with Gasteiger partial charge in [-0.05, 0) is 42.1 Å². The molecule has 1 aliphatic rings. The predicted molar refractivity (Wildman–Crippen MR) is 172 cm³/mol. The Morgan fingerprint density at radius 1 is 1.00 bits per heavy atom. The third kappa shape index (κ3) is 7.01. The topological polar surface area (TPSA) is 111 Å². The summed E-state index contributed by atoms with van der Waals surface area (Å²) in [5.74, 6) is -0.320. The Kier molecular flexibility index (Phi) is 9.45. The van der Waals surface area contributed by atoms with E-state index < -0.39 is 12.1 Å². The highest BCUT2D eigenvalue weighted by atomic mass is 16.5. The van der Waals surface area contributed by atoms with E-state index in [0.717, 1.165) is 16.3 Å². The number of carbonyl (C=O) groups is 3. The molecule has 9 nitrogen and oxygen atoms in total. The van der Waals surface area contributed by atoms with Crippen molar-refractivity contribution >= 4 is 40.0 Å². The normalized spacial score (nSPS) is 17.1. The predicted octanol–water partition coefficient (Wildman–Crippen LogP) is 5.41. The van der Waals surface area contributed by atoms with Gasteiger partial charge >= 0.3 is 6.03 Å². The molecule has 0 fully saturated rings. The van der Waals surface area contributed by atoms with Gasteiger partial charge in [0, 0.05) is 30.6 Å². The van der Waals surface area contributed by atoms with Gasteiger partial charge in [0.1, 0.15) is 11.9 Å². The number of ether oxygens (including phenoxy) is 1. The quantitative estimate of drug-likeness (QED) is 0.253. The van der Waals surface area contributed by atoms with Crippen LogP contribution in [0.2, 0.25) is 0 Å². The highest BCUT2D eigenvalue weighted by Crippen LogP contribution is 2.31. The fourth-order valence-electron chi connectivity index (χ4n) is 5.40. The fraction of sp³-hybridized carbons (Fsp3) is 0.286. The minimum Gasteiger partial charge on any atom is -0.487 e. The molecule has 0 radical (unpaired) electrons. The minimum absolute atomic E-state index is 0.167. The number of hydrogen-bond acceptors (Lipinski definition) is 5. The number of rotatable bonds is 8. The zero-order chi connectivity index (χ0) is 31.2. The van der Waals surface area contributed by atoms with Gasteiger partial charge in [0.25, 0.3) is 5.91 Å². The summed E-state index contributed by atoms with van der Waals surface area (Å²) in [4.78, 5) is 43.0. The lowest BCUT2D eigenvalue weighted by atomic mass is 9.99. The molecule has 44 heavy (non-hydrogen) atoms. The summed E-state index contributed by atoms with van der Waals surface area (Å²) in [6.07, 6.45) is -0.264. The molecule has 3 N–H and O–H groups in total. The maximum atomic E-state index is 13.8. The third-order valence-electron chi connectivity index (χ3n) is 7.99. The number of aliphatic hydroxyl groups is 1. The number of anilines is 2. The number of benzene rings is 4. The number of hydrogen-bond donors (Lipinski definition) is 3. The average Bonchev–Trinajstić information content (AvgIpc) is 3.03. The molecule has 0 unspecified atom stereocenters. The van der Waals surface area contributed by atoms with Crippen LogP contribution in [0.4, 0.5) is 16.2 Å². The number of likely N-dealkylation sites (N-methyl/N-ethyl adjacent to an activating group) is 1. The number of urea groups is 1. The summed E-state index contributed by atoms with van der Waals surface area (Å²) in [7, 11) is 1.71. The largest absolute Gasteiger partial charge is 0.487 e. The summed E-state index contributed by atoms with van der Waals surface area (Å²) >= 11 is 0. The van der Waals surface area contributed by atoms with Gasteiger partial charge in [0.15, 0.2) is 0 Å². The van der Waals surface area contributed by atoms with Crippen molar-refractivity contribution in [3.63, 3.8) is 0 Å². The smallest absolute Gasteiger partial charge is 0.321 e. The van der Waals surface area contributed by atoms with Crippen molar-refractivity contribution in [2.75, 3.05) is 37.4 Å². The molecule has 4 aromatic rings. The molecule has 9 heteroatoms. The standard InChI is InChI=1S/C35H38N4O5/c1-23-20-39(24(2)22-40)34(42)29-19-27(36-33(41)18-25-10-5-4-6-11-25)16-17-31(29)44-32(23)21-38(3)35(43)37-30-15-9-13-26-12-7-8-14-28(26)30/h4-17,19,23-24,32,40H,18,20-22H2,1-3H3,(H,36,41)(H,37,43)/t23-,24+,32-/m1/s1. The number of amides is 4. The van der Waals surface area contributed by atoms with E-state index in [0.29, 0.717) is 23.7 Å². The molecule has 4 amide bonds. The number of carbonyl (C=O) groups excluding carboxylic acids is 3. The molecule has 0 bridgehead atoms. The SMILES string of the molecule is C[C@@H]1CN([C@@H](C)CO)C(=O)c2cc(NC(=O)Cc3ccccc3)ccc2O[C@@H]1CN(C)C(=O)Nc1cccc2ccccc12. The molecule has 228 valence electrons. The molecule has 0 aliphatic carbocycles. The van der Waals surface area contributed by atoms with Gasteiger partial charge in [-0.25, -0.2) is 4.79 Å². The molecular formula is C35H38N4O5. The van der Waals surface area contributed by atoms with Crippen LogP contribution in [0.25, 0.3) is 10.8 Å². The highest BCUT2D eigenvalue weighted by Gasteiger charge is 2.34.